The normalized spacial score (nSPS) is 14.8. The van der Waals surface area contributed by atoms with Crippen LogP contribution in [0.2, 0.25) is 0 Å². The number of carbonyl (C=O) groups excluding carboxylic acids is 2. The number of nitrogens with zero attached hydrogens (tertiary/aromatic N) is 2. The molecular weight excluding hydrogens is 396 g/mol. The average molecular weight is 423 g/mol. The third-order valence-corrected chi connectivity index (χ3v) is 6.43. The summed E-state index contributed by atoms with van der Waals surface area (Å²) in [5.41, 5.74) is 0.585. The van der Waals surface area contributed by atoms with E-state index >= 15 is 0 Å². The number of amides is 1. The third-order valence-electron chi connectivity index (χ3n) is 4.39. The highest BCUT2D eigenvalue weighted by molar-refractivity contribution is 7.89. The van der Waals surface area contributed by atoms with Crippen molar-refractivity contribution >= 4 is 21.9 Å². The molecule has 0 atom stereocenters. The van der Waals surface area contributed by atoms with Gasteiger partial charge in [0, 0.05) is 26.2 Å². The lowest BCUT2D eigenvalue weighted by Gasteiger charge is -2.26. The van der Waals surface area contributed by atoms with Gasteiger partial charge in [0.05, 0.1) is 23.7 Å². The molecule has 1 fully saturated rings. The number of carbonyl (C=O) groups is 2. The predicted octanol–water partition coefficient (Wildman–Crippen LogP) is 1.37. The van der Waals surface area contributed by atoms with Crippen LogP contribution in [-0.2, 0) is 24.3 Å². The molecule has 9 heteroatoms. The van der Waals surface area contributed by atoms with Crippen molar-refractivity contribution in [1.82, 2.24) is 9.21 Å². The molecule has 0 aromatic heterocycles. The molecule has 1 heterocycles. The Bertz CT molecular complexity index is 865. The lowest BCUT2D eigenvalue weighted by atomic mass is 10.1. The van der Waals surface area contributed by atoms with Crippen LogP contribution in [0.25, 0.3) is 0 Å². The molecule has 8 nitrogen and oxygen atoms in total. The highest BCUT2D eigenvalue weighted by Gasteiger charge is 2.28. The van der Waals surface area contributed by atoms with Crippen molar-refractivity contribution in [1.29, 1.82) is 0 Å². The van der Waals surface area contributed by atoms with Crippen molar-refractivity contribution in [2.75, 3.05) is 46.0 Å². The van der Waals surface area contributed by atoms with Gasteiger partial charge in [-0.15, -0.1) is 13.2 Å². The van der Waals surface area contributed by atoms with E-state index in [9.17, 15) is 18.0 Å². The summed E-state index contributed by atoms with van der Waals surface area (Å²) in [4.78, 5) is 26.0. The number of ether oxygens (including phenoxy) is 2. The van der Waals surface area contributed by atoms with Gasteiger partial charge in [0.1, 0.15) is 0 Å². The van der Waals surface area contributed by atoms with Crippen molar-refractivity contribution in [3.05, 3.63) is 54.6 Å². The fourth-order valence-electron chi connectivity index (χ4n) is 2.82. The smallest absolute Gasteiger partial charge is 0.338 e. The number of esters is 1. The van der Waals surface area contributed by atoms with E-state index in [1.165, 1.54) is 21.3 Å². The van der Waals surface area contributed by atoms with Crippen LogP contribution < -0.4 is 0 Å². The molecule has 1 aromatic carbocycles. The summed E-state index contributed by atoms with van der Waals surface area (Å²) in [6, 6.07) is 4.32. The zero-order chi connectivity index (χ0) is 21.4. The Labute approximate surface area is 171 Å². The molecule has 0 spiro atoms. The number of morpholine rings is 1. The standard InChI is InChI=1S/C20H26N2O6S/c1-4-8-21(9-5-2)19(23)15-28-20(24)17-7-6-16(3)18(14-17)29(25,26)22-10-12-27-13-11-22/h4-7,14H,1-2,8-13,15H2,3H3. The van der Waals surface area contributed by atoms with E-state index in [4.69, 9.17) is 9.47 Å². The molecule has 158 valence electrons. The zero-order valence-electron chi connectivity index (χ0n) is 16.5. The summed E-state index contributed by atoms with van der Waals surface area (Å²) in [5, 5.41) is 0. The van der Waals surface area contributed by atoms with Gasteiger partial charge in [-0.2, -0.15) is 4.31 Å². The summed E-state index contributed by atoms with van der Waals surface area (Å²) >= 11 is 0. The van der Waals surface area contributed by atoms with Crippen LogP contribution in [0.1, 0.15) is 15.9 Å². The fourth-order valence-corrected chi connectivity index (χ4v) is 4.48. The molecule has 1 amide bonds. The van der Waals surface area contributed by atoms with Crippen LogP contribution in [0.15, 0.2) is 48.4 Å². The largest absolute Gasteiger partial charge is 0.452 e. The monoisotopic (exact) mass is 422 g/mol. The molecule has 0 aliphatic carbocycles. The van der Waals surface area contributed by atoms with E-state index < -0.39 is 28.5 Å². The summed E-state index contributed by atoms with van der Waals surface area (Å²) in [6.45, 7) is 10.1. The maximum Gasteiger partial charge on any atom is 0.338 e. The molecule has 0 bridgehead atoms. The predicted molar refractivity (Wildman–Crippen MR) is 108 cm³/mol. The van der Waals surface area contributed by atoms with Gasteiger partial charge in [-0.05, 0) is 24.6 Å². The zero-order valence-corrected chi connectivity index (χ0v) is 17.3. The van der Waals surface area contributed by atoms with Crippen molar-refractivity contribution in [2.45, 2.75) is 11.8 Å². The first-order chi connectivity index (χ1) is 13.8. The Morgan fingerprint density at radius 1 is 1.21 bits per heavy atom. The molecule has 1 aliphatic heterocycles. The molecule has 0 N–H and O–H groups in total. The summed E-state index contributed by atoms with van der Waals surface area (Å²) < 4.78 is 37.5. The van der Waals surface area contributed by atoms with Gasteiger partial charge in [-0.25, -0.2) is 13.2 Å². The van der Waals surface area contributed by atoms with Gasteiger partial charge < -0.3 is 14.4 Å². The Balaban J connectivity index is 2.13. The molecule has 29 heavy (non-hydrogen) atoms. The lowest BCUT2D eigenvalue weighted by molar-refractivity contribution is -0.133. The summed E-state index contributed by atoms with van der Waals surface area (Å²) in [7, 11) is -3.76. The molecule has 0 radical (unpaired) electrons. The SMILES string of the molecule is C=CCN(CC=C)C(=O)COC(=O)c1ccc(C)c(S(=O)(=O)N2CCOCC2)c1. The van der Waals surface area contributed by atoms with E-state index in [1.807, 2.05) is 0 Å². The molecule has 0 unspecified atom stereocenters. The van der Waals surface area contributed by atoms with Crippen LogP contribution >= 0.6 is 0 Å². The summed E-state index contributed by atoms with van der Waals surface area (Å²) in [6.07, 6.45) is 3.12. The topological polar surface area (TPSA) is 93.2 Å². The van der Waals surface area contributed by atoms with Crippen LogP contribution in [0.3, 0.4) is 0 Å². The Morgan fingerprint density at radius 3 is 2.41 bits per heavy atom. The van der Waals surface area contributed by atoms with Crippen LogP contribution in [-0.4, -0.2) is 75.5 Å². The quantitative estimate of drug-likeness (QED) is 0.441. The molecule has 1 saturated heterocycles. The summed E-state index contributed by atoms with van der Waals surface area (Å²) in [5.74, 6) is -1.17. The first-order valence-electron chi connectivity index (χ1n) is 9.16. The van der Waals surface area contributed by atoms with E-state index in [0.717, 1.165) is 0 Å². The minimum atomic E-state index is -3.76. The molecular formula is C20H26N2O6S. The van der Waals surface area contributed by atoms with Crippen LogP contribution in [0.5, 0.6) is 0 Å². The number of rotatable bonds is 9. The first kappa shape index (κ1) is 22.8. The van der Waals surface area contributed by atoms with Gasteiger partial charge in [-0.3, -0.25) is 4.79 Å². The van der Waals surface area contributed by atoms with Crippen LogP contribution in [0, 0.1) is 6.92 Å². The molecule has 1 aliphatic rings. The number of benzene rings is 1. The highest BCUT2D eigenvalue weighted by Crippen LogP contribution is 2.22. The average Bonchev–Trinajstić information content (AvgIpc) is 2.72. The van der Waals surface area contributed by atoms with Gasteiger partial charge >= 0.3 is 5.97 Å². The fraction of sp³-hybridized carbons (Fsp3) is 0.400. The Hall–Kier alpha value is -2.49. The Morgan fingerprint density at radius 2 is 1.83 bits per heavy atom. The van der Waals surface area contributed by atoms with Gasteiger partial charge in [0.2, 0.25) is 10.0 Å². The highest BCUT2D eigenvalue weighted by atomic mass is 32.2. The maximum absolute atomic E-state index is 12.9. The van der Waals surface area contributed by atoms with Crippen molar-refractivity contribution < 1.29 is 27.5 Å². The lowest BCUT2D eigenvalue weighted by Crippen LogP contribution is -2.40. The number of sulfonamides is 1. The van der Waals surface area contributed by atoms with E-state index in [0.29, 0.717) is 31.9 Å². The van der Waals surface area contributed by atoms with Crippen molar-refractivity contribution in [3.8, 4) is 0 Å². The van der Waals surface area contributed by atoms with Gasteiger partial charge in [0.15, 0.2) is 6.61 Å². The van der Waals surface area contributed by atoms with Crippen molar-refractivity contribution in [3.63, 3.8) is 0 Å². The van der Waals surface area contributed by atoms with E-state index in [2.05, 4.69) is 13.2 Å². The van der Waals surface area contributed by atoms with E-state index in [1.54, 1.807) is 25.1 Å². The van der Waals surface area contributed by atoms with Crippen molar-refractivity contribution in [2.24, 2.45) is 0 Å². The number of aryl methyl sites for hydroxylation is 1. The third kappa shape index (κ3) is 5.75. The number of hydrogen-bond donors (Lipinski definition) is 0. The molecule has 0 saturated carbocycles. The van der Waals surface area contributed by atoms with Crippen LogP contribution in [0.4, 0.5) is 0 Å². The van der Waals surface area contributed by atoms with Gasteiger partial charge in [-0.1, -0.05) is 18.2 Å². The second kappa shape index (κ2) is 10.3. The molecule has 2 rings (SSSR count). The first-order valence-corrected chi connectivity index (χ1v) is 10.6. The second-order valence-electron chi connectivity index (χ2n) is 6.45. The molecule has 1 aromatic rings. The Kier molecular flexibility index (Phi) is 8.12. The minimum Gasteiger partial charge on any atom is -0.452 e. The van der Waals surface area contributed by atoms with Gasteiger partial charge in [0.25, 0.3) is 5.91 Å². The maximum atomic E-state index is 12.9. The second-order valence-corrected chi connectivity index (χ2v) is 8.36. The number of hydrogen-bond acceptors (Lipinski definition) is 6. The van der Waals surface area contributed by atoms with E-state index in [-0.39, 0.29) is 23.5 Å². The minimum absolute atomic E-state index is 0.0418.